The number of likely N-dealkylation sites (tertiary alicyclic amines) is 1. The maximum atomic E-state index is 13.4. The van der Waals surface area contributed by atoms with Crippen LogP contribution in [0.5, 0.6) is 5.75 Å². The lowest BCUT2D eigenvalue weighted by Crippen LogP contribution is -2.38. The first kappa shape index (κ1) is 22.0. The van der Waals surface area contributed by atoms with E-state index in [1.807, 2.05) is 31.2 Å². The molecule has 0 aliphatic carbocycles. The summed E-state index contributed by atoms with van der Waals surface area (Å²) in [5, 5.41) is 3.63. The van der Waals surface area contributed by atoms with E-state index in [0.29, 0.717) is 55.6 Å². The molecule has 1 saturated heterocycles. The third-order valence-corrected chi connectivity index (χ3v) is 5.69. The molecule has 1 aliphatic rings. The van der Waals surface area contributed by atoms with Crippen LogP contribution in [-0.4, -0.2) is 50.1 Å². The summed E-state index contributed by atoms with van der Waals surface area (Å²) >= 11 is 0. The lowest BCUT2D eigenvalue weighted by atomic mass is 9.92. The Morgan fingerprint density at radius 1 is 1.19 bits per heavy atom. The van der Waals surface area contributed by atoms with Gasteiger partial charge >= 0.3 is 6.18 Å². The second-order valence-electron chi connectivity index (χ2n) is 7.77. The Hall–Kier alpha value is -3.17. The molecule has 7 nitrogen and oxygen atoms in total. The molecule has 170 valence electrons. The number of fused-ring (bicyclic) bond motifs is 1. The number of benzene rings is 1. The Kier molecular flexibility index (Phi) is 6.29. The fraction of sp³-hybridized carbons (Fsp3) is 0.455. The molecule has 32 heavy (non-hydrogen) atoms. The highest BCUT2D eigenvalue weighted by Crippen LogP contribution is 2.33. The van der Waals surface area contributed by atoms with Crippen LogP contribution >= 0.6 is 0 Å². The van der Waals surface area contributed by atoms with Crippen LogP contribution in [0.1, 0.15) is 49.1 Å². The van der Waals surface area contributed by atoms with E-state index in [1.54, 1.807) is 4.90 Å². The number of carbonyl (C=O) groups excluding carboxylic acids is 1. The molecule has 0 radical (unpaired) electrons. The molecule has 3 aromatic rings. The monoisotopic (exact) mass is 447 g/mol. The number of rotatable bonds is 6. The molecular formula is C22H24F3N5O2. The summed E-state index contributed by atoms with van der Waals surface area (Å²) in [6.45, 7) is 3.52. The van der Waals surface area contributed by atoms with Crippen molar-refractivity contribution in [2.45, 2.75) is 44.7 Å². The topological polar surface area (TPSA) is 72.6 Å². The Morgan fingerprint density at radius 2 is 1.91 bits per heavy atom. The van der Waals surface area contributed by atoms with Crippen molar-refractivity contribution in [2.75, 3.05) is 19.7 Å². The third-order valence-electron chi connectivity index (χ3n) is 5.69. The lowest BCUT2D eigenvalue weighted by Gasteiger charge is -2.32. The van der Waals surface area contributed by atoms with E-state index in [2.05, 4.69) is 15.1 Å². The highest BCUT2D eigenvalue weighted by molar-refractivity contribution is 5.76. The van der Waals surface area contributed by atoms with Crippen molar-refractivity contribution in [1.82, 2.24) is 24.5 Å². The van der Waals surface area contributed by atoms with E-state index in [1.165, 1.54) is 0 Å². The normalized spacial score (nSPS) is 15.3. The Balaban J connectivity index is 1.35. The molecule has 0 saturated carbocycles. The predicted molar refractivity (Wildman–Crippen MR) is 110 cm³/mol. The van der Waals surface area contributed by atoms with Crippen molar-refractivity contribution in [2.24, 2.45) is 0 Å². The maximum Gasteiger partial charge on any atom is 0.433 e. The molecular weight excluding hydrogens is 423 g/mol. The number of piperidine rings is 1. The summed E-state index contributed by atoms with van der Waals surface area (Å²) in [5.74, 6) is 0.627. The minimum atomic E-state index is -4.55. The fourth-order valence-electron chi connectivity index (χ4n) is 3.99. The van der Waals surface area contributed by atoms with Gasteiger partial charge in [0.15, 0.2) is 5.69 Å². The van der Waals surface area contributed by atoms with Crippen LogP contribution in [0.4, 0.5) is 13.2 Å². The summed E-state index contributed by atoms with van der Waals surface area (Å²) in [6, 6.07) is 8.74. The van der Waals surface area contributed by atoms with Gasteiger partial charge < -0.3 is 9.64 Å². The minimum Gasteiger partial charge on any atom is -0.494 e. The van der Waals surface area contributed by atoms with Gasteiger partial charge in [-0.25, -0.2) is 4.98 Å². The van der Waals surface area contributed by atoms with Gasteiger partial charge in [0.05, 0.1) is 6.61 Å². The van der Waals surface area contributed by atoms with Crippen molar-refractivity contribution in [3.8, 4) is 5.75 Å². The van der Waals surface area contributed by atoms with E-state index in [4.69, 9.17) is 4.74 Å². The summed E-state index contributed by atoms with van der Waals surface area (Å²) in [6.07, 6.45) is -1.35. The van der Waals surface area contributed by atoms with Gasteiger partial charge in [-0.05, 0) is 49.9 Å². The first-order valence-electron chi connectivity index (χ1n) is 10.6. The number of halogens is 3. The predicted octanol–water partition coefficient (Wildman–Crippen LogP) is 3.88. The molecule has 1 aromatic carbocycles. The molecule has 0 atom stereocenters. The van der Waals surface area contributed by atoms with Crippen LogP contribution in [0.3, 0.4) is 0 Å². The SMILES string of the molecule is CCOc1ccc(CCC(=O)N2CCC(c3cc(C(F)(F)F)n4ncnc4n3)CC2)cc1. The highest BCUT2D eigenvalue weighted by atomic mass is 19.4. The molecule has 0 unspecified atom stereocenters. The zero-order valence-corrected chi connectivity index (χ0v) is 17.7. The van der Waals surface area contributed by atoms with Crippen LogP contribution in [-0.2, 0) is 17.4 Å². The zero-order chi connectivity index (χ0) is 22.7. The summed E-state index contributed by atoms with van der Waals surface area (Å²) in [4.78, 5) is 22.5. The average Bonchev–Trinajstić information content (AvgIpc) is 3.26. The van der Waals surface area contributed by atoms with Gasteiger partial charge in [-0.1, -0.05) is 12.1 Å². The first-order valence-corrected chi connectivity index (χ1v) is 10.6. The second-order valence-corrected chi connectivity index (χ2v) is 7.77. The van der Waals surface area contributed by atoms with Crippen LogP contribution in [0, 0.1) is 0 Å². The van der Waals surface area contributed by atoms with Crippen LogP contribution in [0.2, 0.25) is 0 Å². The smallest absolute Gasteiger partial charge is 0.433 e. The van der Waals surface area contributed by atoms with Gasteiger partial charge in [-0.15, -0.1) is 0 Å². The Morgan fingerprint density at radius 3 is 2.56 bits per heavy atom. The Bertz CT molecular complexity index is 1070. The number of aromatic nitrogens is 4. The van der Waals surface area contributed by atoms with Crippen LogP contribution in [0.15, 0.2) is 36.7 Å². The maximum absolute atomic E-state index is 13.4. The zero-order valence-electron chi connectivity index (χ0n) is 17.7. The lowest BCUT2D eigenvalue weighted by molar-refractivity contribution is -0.142. The molecule has 0 bridgehead atoms. The standard InChI is InChI=1S/C22H24F3N5O2/c1-2-32-17-6-3-15(4-7-17)5-8-20(31)29-11-9-16(10-12-29)18-13-19(22(23,24)25)30-21(28-18)26-14-27-30/h3-4,6-7,13-14,16H,2,5,8-12H2,1H3. The number of amides is 1. The van der Waals surface area contributed by atoms with Gasteiger partial charge in [0, 0.05) is 31.1 Å². The van der Waals surface area contributed by atoms with E-state index in [-0.39, 0.29) is 17.6 Å². The van der Waals surface area contributed by atoms with E-state index >= 15 is 0 Å². The van der Waals surface area contributed by atoms with Crippen molar-refractivity contribution in [3.63, 3.8) is 0 Å². The number of hydrogen-bond acceptors (Lipinski definition) is 5. The average molecular weight is 447 g/mol. The number of alkyl halides is 3. The highest BCUT2D eigenvalue weighted by Gasteiger charge is 2.36. The van der Waals surface area contributed by atoms with Crippen molar-refractivity contribution < 1.29 is 22.7 Å². The fourth-order valence-corrected chi connectivity index (χ4v) is 3.99. The quantitative estimate of drug-likeness (QED) is 0.574. The van der Waals surface area contributed by atoms with Gasteiger partial charge in [0.25, 0.3) is 5.78 Å². The van der Waals surface area contributed by atoms with Crippen LogP contribution in [0.25, 0.3) is 5.78 Å². The van der Waals surface area contributed by atoms with Crippen molar-refractivity contribution >= 4 is 11.7 Å². The van der Waals surface area contributed by atoms with Crippen molar-refractivity contribution in [1.29, 1.82) is 0 Å². The second kappa shape index (κ2) is 9.13. The Labute approximate surface area is 183 Å². The summed E-state index contributed by atoms with van der Waals surface area (Å²) in [7, 11) is 0. The molecule has 3 heterocycles. The third kappa shape index (κ3) is 4.84. The van der Waals surface area contributed by atoms with Gasteiger partial charge in [-0.2, -0.15) is 27.8 Å². The number of ether oxygens (including phenoxy) is 1. The molecule has 4 rings (SSSR count). The van der Waals surface area contributed by atoms with Gasteiger partial charge in [0.2, 0.25) is 5.91 Å². The van der Waals surface area contributed by atoms with Gasteiger partial charge in [-0.3, -0.25) is 4.79 Å². The molecule has 2 aromatic heterocycles. The summed E-state index contributed by atoms with van der Waals surface area (Å²) in [5.41, 5.74) is 0.519. The van der Waals surface area contributed by atoms with E-state index in [9.17, 15) is 18.0 Å². The minimum absolute atomic E-state index is 0.0502. The van der Waals surface area contributed by atoms with E-state index < -0.39 is 11.9 Å². The molecule has 10 heteroatoms. The van der Waals surface area contributed by atoms with Crippen molar-refractivity contribution in [3.05, 3.63) is 53.6 Å². The molecule has 0 N–H and O–H groups in total. The van der Waals surface area contributed by atoms with Gasteiger partial charge in [0.1, 0.15) is 12.1 Å². The number of aryl methyl sites for hydroxylation is 1. The first-order chi connectivity index (χ1) is 15.3. The number of carbonyl (C=O) groups is 1. The molecule has 0 spiro atoms. The number of hydrogen-bond donors (Lipinski definition) is 0. The molecule has 1 amide bonds. The molecule has 1 aliphatic heterocycles. The number of nitrogens with zero attached hydrogens (tertiary/aromatic N) is 5. The summed E-state index contributed by atoms with van der Waals surface area (Å²) < 4.78 is 46.4. The van der Waals surface area contributed by atoms with E-state index in [0.717, 1.165) is 23.7 Å². The largest absolute Gasteiger partial charge is 0.494 e. The van der Waals surface area contributed by atoms with Crippen LogP contribution < -0.4 is 4.74 Å². The molecule has 1 fully saturated rings.